The Kier molecular flexibility index (Phi) is 9.23. The van der Waals surface area contributed by atoms with Gasteiger partial charge < -0.3 is 40.9 Å². The van der Waals surface area contributed by atoms with E-state index in [-0.39, 0.29) is 17.8 Å². The minimum absolute atomic E-state index is 0.116. The van der Waals surface area contributed by atoms with E-state index >= 15 is 0 Å². The number of aliphatic hydroxyl groups is 1. The molecule has 1 aromatic heterocycles. The molecular formula is C29H44N8O3. The maximum absolute atomic E-state index is 12.3. The molecule has 1 aromatic carbocycles. The van der Waals surface area contributed by atoms with Crippen LogP contribution in [0, 0.1) is 0 Å². The fourth-order valence-corrected chi connectivity index (χ4v) is 5.79. The van der Waals surface area contributed by atoms with Crippen LogP contribution in [0.1, 0.15) is 55.2 Å². The number of benzene rings is 1. The maximum Gasteiger partial charge on any atom is 0.271 e. The molecule has 3 aliphatic rings. The van der Waals surface area contributed by atoms with Crippen LogP contribution in [-0.4, -0.2) is 102 Å². The maximum atomic E-state index is 12.3. The number of rotatable bonds is 10. The largest absolute Gasteiger partial charge is 0.489 e. The Balaban J connectivity index is 1.28. The molecule has 5 rings (SSSR count). The summed E-state index contributed by atoms with van der Waals surface area (Å²) in [6.45, 7) is 10.1. The van der Waals surface area contributed by atoms with Crippen LogP contribution < -0.4 is 26.0 Å². The van der Waals surface area contributed by atoms with Gasteiger partial charge in [-0.2, -0.15) is 0 Å². The molecular weight excluding hydrogens is 508 g/mol. The van der Waals surface area contributed by atoms with E-state index in [2.05, 4.69) is 43.4 Å². The van der Waals surface area contributed by atoms with Crippen molar-refractivity contribution in [3.8, 4) is 5.75 Å². The molecule has 0 spiro atoms. The van der Waals surface area contributed by atoms with Gasteiger partial charge in [0.15, 0.2) is 11.5 Å². The van der Waals surface area contributed by atoms with Gasteiger partial charge in [-0.25, -0.2) is 9.97 Å². The van der Waals surface area contributed by atoms with Gasteiger partial charge in [-0.1, -0.05) is 6.92 Å². The van der Waals surface area contributed by atoms with Gasteiger partial charge in [0.05, 0.1) is 24.0 Å². The Labute approximate surface area is 237 Å². The Morgan fingerprint density at radius 2 is 1.85 bits per heavy atom. The minimum Gasteiger partial charge on any atom is -0.489 e. The van der Waals surface area contributed by atoms with Crippen molar-refractivity contribution in [2.45, 2.75) is 57.6 Å². The van der Waals surface area contributed by atoms with E-state index in [9.17, 15) is 9.90 Å². The second kappa shape index (κ2) is 13.0. The van der Waals surface area contributed by atoms with Crippen molar-refractivity contribution in [2.75, 3.05) is 75.0 Å². The summed E-state index contributed by atoms with van der Waals surface area (Å²) in [5.41, 5.74) is 8.37. The summed E-state index contributed by atoms with van der Waals surface area (Å²) in [5, 5.41) is 16.7. The van der Waals surface area contributed by atoms with Crippen molar-refractivity contribution in [3.05, 3.63) is 29.6 Å². The molecule has 0 unspecified atom stereocenters. The molecule has 2 fully saturated rings. The fourth-order valence-electron chi connectivity index (χ4n) is 5.79. The van der Waals surface area contributed by atoms with Gasteiger partial charge in [0.2, 0.25) is 0 Å². The molecule has 40 heavy (non-hydrogen) atoms. The van der Waals surface area contributed by atoms with Gasteiger partial charge in [-0.05, 0) is 64.3 Å². The zero-order chi connectivity index (χ0) is 28.1. The van der Waals surface area contributed by atoms with Crippen LogP contribution in [0.5, 0.6) is 5.75 Å². The quantitative estimate of drug-likeness (QED) is 0.348. The van der Waals surface area contributed by atoms with Crippen molar-refractivity contribution < 1.29 is 14.6 Å². The predicted molar refractivity (Wildman–Crippen MR) is 158 cm³/mol. The van der Waals surface area contributed by atoms with Crippen molar-refractivity contribution in [1.82, 2.24) is 19.8 Å². The third-order valence-corrected chi connectivity index (χ3v) is 8.25. The zero-order valence-corrected chi connectivity index (χ0v) is 23.9. The number of piperazine rings is 1. The molecule has 0 radical (unpaired) electrons. The van der Waals surface area contributed by atoms with E-state index in [1.807, 2.05) is 19.1 Å². The number of nitrogens with two attached hydrogens (primary N) is 1. The van der Waals surface area contributed by atoms with E-state index in [0.29, 0.717) is 30.4 Å². The van der Waals surface area contributed by atoms with Crippen LogP contribution in [-0.2, 0) is 6.42 Å². The summed E-state index contributed by atoms with van der Waals surface area (Å²) in [7, 11) is 2.19. The number of carbonyl (C=O) groups excluding carboxylic acids is 1. The number of carbonyl (C=O) groups is 1. The van der Waals surface area contributed by atoms with Crippen molar-refractivity contribution in [2.24, 2.45) is 5.73 Å². The molecule has 1 aliphatic carbocycles. The monoisotopic (exact) mass is 552 g/mol. The van der Waals surface area contributed by atoms with Crippen LogP contribution in [0.4, 0.5) is 23.0 Å². The second-order valence-corrected chi connectivity index (χ2v) is 11.2. The van der Waals surface area contributed by atoms with Crippen LogP contribution in [0.3, 0.4) is 0 Å². The molecule has 218 valence electrons. The number of ether oxygens (including phenoxy) is 1. The number of amides is 1. The minimum atomic E-state index is -0.627. The van der Waals surface area contributed by atoms with Gasteiger partial charge in [0.25, 0.3) is 5.91 Å². The molecule has 5 N–H and O–H groups in total. The third kappa shape index (κ3) is 6.94. The van der Waals surface area contributed by atoms with Gasteiger partial charge >= 0.3 is 0 Å². The van der Waals surface area contributed by atoms with Crippen molar-refractivity contribution in [1.29, 1.82) is 0 Å². The predicted octanol–water partition coefficient (Wildman–Crippen LogP) is 2.43. The van der Waals surface area contributed by atoms with E-state index in [1.165, 1.54) is 0 Å². The lowest BCUT2D eigenvalue weighted by Crippen LogP contribution is -2.45. The van der Waals surface area contributed by atoms with Crippen molar-refractivity contribution in [3.63, 3.8) is 0 Å². The number of fused-ring (bicyclic) bond motifs is 1. The van der Waals surface area contributed by atoms with Crippen molar-refractivity contribution >= 4 is 28.9 Å². The molecule has 2 aliphatic heterocycles. The number of nitrogens with one attached hydrogen (secondary N) is 2. The fraction of sp³-hybridized carbons (Fsp3) is 0.621. The number of likely N-dealkylation sites (N-methyl/N-ethyl adjacent to an activating group) is 1. The first kappa shape index (κ1) is 28.4. The van der Waals surface area contributed by atoms with E-state index in [4.69, 9.17) is 15.5 Å². The highest BCUT2D eigenvalue weighted by Gasteiger charge is 2.24. The summed E-state index contributed by atoms with van der Waals surface area (Å²) in [6, 6.07) is 6.21. The van der Waals surface area contributed by atoms with Crippen LogP contribution in [0.25, 0.3) is 0 Å². The summed E-state index contributed by atoms with van der Waals surface area (Å²) in [4.78, 5) is 29.0. The van der Waals surface area contributed by atoms with Gasteiger partial charge in [-0.3, -0.25) is 4.79 Å². The van der Waals surface area contributed by atoms with E-state index in [1.54, 1.807) is 0 Å². The van der Waals surface area contributed by atoms with Gasteiger partial charge in [0.1, 0.15) is 18.2 Å². The first-order valence-electron chi connectivity index (χ1n) is 14.7. The SMILES string of the molecule is CCc1nc(C(N)=O)c(Nc2ccc3c(c2)OCCN3CCCN2CCN(C)CC2)nc1N[C@H]1CC[C@H](O)CC1. The van der Waals surface area contributed by atoms with Crippen LogP contribution >= 0.6 is 0 Å². The highest BCUT2D eigenvalue weighted by atomic mass is 16.5. The summed E-state index contributed by atoms with van der Waals surface area (Å²) < 4.78 is 6.03. The van der Waals surface area contributed by atoms with Gasteiger partial charge in [-0.15, -0.1) is 0 Å². The molecule has 1 saturated carbocycles. The highest BCUT2D eigenvalue weighted by molar-refractivity contribution is 5.96. The van der Waals surface area contributed by atoms with Crippen LogP contribution in [0.15, 0.2) is 18.2 Å². The topological polar surface area (TPSA) is 132 Å². The summed E-state index contributed by atoms with van der Waals surface area (Å²) in [6.07, 6.45) is 4.74. The molecule has 11 heteroatoms. The second-order valence-electron chi connectivity index (χ2n) is 11.2. The van der Waals surface area contributed by atoms with Crippen LogP contribution in [0.2, 0.25) is 0 Å². The highest BCUT2D eigenvalue weighted by Crippen LogP contribution is 2.35. The standard InChI is InChI=1S/C29H44N8O3/c1-3-23-28(31-20-5-8-22(38)9-6-20)34-29(26(33-23)27(30)39)32-21-7-10-24-25(19-21)40-18-17-37(24)12-4-11-36-15-13-35(2)14-16-36/h7,10,19-20,22,38H,3-6,8-9,11-18H2,1-2H3,(H2,30,39)(H2,31,32,34)/t20-,22-. The average Bonchev–Trinajstić information content (AvgIpc) is 2.95. The lowest BCUT2D eigenvalue weighted by atomic mass is 9.93. The Hall–Kier alpha value is -3.15. The molecule has 0 atom stereocenters. The third-order valence-electron chi connectivity index (χ3n) is 8.25. The Morgan fingerprint density at radius 3 is 2.58 bits per heavy atom. The lowest BCUT2D eigenvalue weighted by Gasteiger charge is -2.34. The molecule has 0 bridgehead atoms. The first-order valence-corrected chi connectivity index (χ1v) is 14.7. The number of nitrogens with zero attached hydrogens (tertiary/aromatic N) is 5. The smallest absolute Gasteiger partial charge is 0.271 e. The molecule has 2 aromatic rings. The van der Waals surface area contributed by atoms with E-state index < -0.39 is 5.91 Å². The number of aromatic nitrogens is 2. The average molecular weight is 553 g/mol. The Morgan fingerprint density at radius 1 is 1.07 bits per heavy atom. The Bertz CT molecular complexity index is 1160. The molecule has 1 amide bonds. The normalized spacial score (nSPS) is 21.9. The number of aryl methyl sites for hydroxylation is 1. The summed E-state index contributed by atoms with van der Waals surface area (Å²) in [5.74, 6) is 1.16. The number of aliphatic hydroxyl groups excluding tert-OH is 1. The molecule has 11 nitrogen and oxygen atoms in total. The van der Waals surface area contributed by atoms with E-state index in [0.717, 1.165) is 95.0 Å². The number of hydrogen-bond acceptors (Lipinski definition) is 10. The lowest BCUT2D eigenvalue weighted by molar-refractivity contribution is 0.0996. The molecule has 1 saturated heterocycles. The zero-order valence-electron chi connectivity index (χ0n) is 23.9. The first-order chi connectivity index (χ1) is 19.4. The molecule has 3 heterocycles. The number of hydrogen-bond donors (Lipinski definition) is 4. The van der Waals surface area contributed by atoms with Gasteiger partial charge in [0, 0.05) is 50.5 Å². The number of primary amides is 1. The number of anilines is 4. The summed E-state index contributed by atoms with van der Waals surface area (Å²) >= 11 is 0.